The van der Waals surface area contributed by atoms with E-state index in [1.165, 1.54) is 0 Å². The van der Waals surface area contributed by atoms with Gasteiger partial charge in [0.25, 0.3) is 5.91 Å². The maximum atomic E-state index is 13.0. The first kappa shape index (κ1) is 13.8. The van der Waals surface area contributed by atoms with Crippen LogP contribution in [0.2, 0.25) is 0 Å². The van der Waals surface area contributed by atoms with Crippen LogP contribution in [-0.2, 0) is 0 Å². The van der Waals surface area contributed by atoms with Crippen LogP contribution in [-0.4, -0.2) is 47.2 Å². The van der Waals surface area contributed by atoms with E-state index in [9.17, 15) is 4.79 Å². The largest absolute Gasteiger partial charge is 0.339 e. The number of H-pyrrole nitrogens is 1. The smallest absolute Gasteiger partial charge is 0.256 e. The van der Waals surface area contributed by atoms with Crippen molar-refractivity contribution in [2.24, 2.45) is 11.8 Å². The van der Waals surface area contributed by atoms with Gasteiger partial charge in [0.2, 0.25) is 0 Å². The molecule has 0 spiro atoms. The second-order valence-corrected chi connectivity index (χ2v) is 6.69. The van der Waals surface area contributed by atoms with Crippen LogP contribution in [0, 0.1) is 18.8 Å². The van der Waals surface area contributed by atoms with Crippen molar-refractivity contribution in [2.75, 3.05) is 26.2 Å². The Morgan fingerprint density at radius 1 is 1.23 bits per heavy atom. The maximum absolute atomic E-state index is 13.0. The number of hydrogen-bond donors (Lipinski definition) is 2. The van der Waals surface area contributed by atoms with E-state index in [1.54, 1.807) is 6.20 Å². The maximum Gasteiger partial charge on any atom is 0.256 e. The fourth-order valence-electron chi connectivity index (χ4n) is 3.97. The molecule has 2 fully saturated rings. The van der Waals surface area contributed by atoms with Crippen molar-refractivity contribution in [3.8, 4) is 0 Å². The molecule has 0 radical (unpaired) electrons. The molecular formula is C17H22N4O. The molecule has 22 heavy (non-hydrogen) atoms. The van der Waals surface area contributed by atoms with Crippen LogP contribution in [0.25, 0.3) is 10.9 Å². The number of benzene rings is 1. The zero-order valence-corrected chi connectivity index (χ0v) is 12.9. The quantitative estimate of drug-likeness (QED) is 0.846. The SMILES string of the molecule is Cc1cc(C(=O)N2CC[C@@H]3CNC[C@@H]3CC2)c2[nH]ncc2c1. The van der Waals surface area contributed by atoms with Gasteiger partial charge in [0.1, 0.15) is 0 Å². The van der Waals surface area contributed by atoms with Crippen molar-refractivity contribution < 1.29 is 4.79 Å². The number of fused-ring (bicyclic) bond motifs is 2. The molecule has 0 aliphatic carbocycles. The molecule has 0 bridgehead atoms. The number of hydrogen-bond acceptors (Lipinski definition) is 3. The molecule has 2 atom stereocenters. The summed E-state index contributed by atoms with van der Waals surface area (Å²) in [4.78, 5) is 15.0. The summed E-state index contributed by atoms with van der Waals surface area (Å²) in [6.45, 7) is 5.99. The summed E-state index contributed by atoms with van der Waals surface area (Å²) in [7, 11) is 0. The molecule has 2 aliphatic heterocycles. The van der Waals surface area contributed by atoms with Crippen molar-refractivity contribution in [1.82, 2.24) is 20.4 Å². The molecule has 5 nitrogen and oxygen atoms in total. The molecule has 2 aliphatic rings. The number of likely N-dealkylation sites (tertiary alicyclic amines) is 1. The van der Waals surface area contributed by atoms with Gasteiger partial charge in [0.15, 0.2) is 0 Å². The molecule has 1 aromatic heterocycles. The molecule has 2 saturated heterocycles. The summed E-state index contributed by atoms with van der Waals surface area (Å²) >= 11 is 0. The van der Waals surface area contributed by atoms with Crippen molar-refractivity contribution >= 4 is 16.8 Å². The Bertz CT molecular complexity index is 694. The Balaban J connectivity index is 1.61. The van der Waals surface area contributed by atoms with Crippen LogP contribution >= 0.6 is 0 Å². The van der Waals surface area contributed by atoms with Gasteiger partial charge in [-0.3, -0.25) is 9.89 Å². The fraction of sp³-hybridized carbons (Fsp3) is 0.529. The minimum atomic E-state index is 0.144. The highest BCUT2D eigenvalue weighted by atomic mass is 16.2. The number of nitrogens with zero attached hydrogens (tertiary/aromatic N) is 2. The lowest BCUT2D eigenvalue weighted by Gasteiger charge is -2.21. The fourth-order valence-corrected chi connectivity index (χ4v) is 3.97. The van der Waals surface area contributed by atoms with Crippen LogP contribution in [0.4, 0.5) is 0 Å². The Hall–Kier alpha value is -1.88. The van der Waals surface area contributed by atoms with E-state index >= 15 is 0 Å². The Morgan fingerprint density at radius 2 is 1.95 bits per heavy atom. The van der Waals surface area contributed by atoms with Gasteiger partial charge in [-0.2, -0.15) is 5.10 Å². The Kier molecular flexibility index (Phi) is 3.37. The van der Waals surface area contributed by atoms with E-state index in [0.29, 0.717) is 0 Å². The zero-order chi connectivity index (χ0) is 15.1. The number of nitrogens with one attached hydrogen (secondary N) is 2. The van der Waals surface area contributed by atoms with Gasteiger partial charge in [-0.05, 0) is 62.4 Å². The summed E-state index contributed by atoms with van der Waals surface area (Å²) in [6, 6.07) is 4.05. The van der Waals surface area contributed by atoms with Crippen molar-refractivity contribution in [3.05, 3.63) is 29.5 Å². The number of carbonyl (C=O) groups excluding carboxylic acids is 1. The van der Waals surface area contributed by atoms with Crippen molar-refractivity contribution in [2.45, 2.75) is 19.8 Å². The van der Waals surface area contributed by atoms with Gasteiger partial charge in [-0.1, -0.05) is 0 Å². The van der Waals surface area contributed by atoms with E-state index < -0.39 is 0 Å². The van der Waals surface area contributed by atoms with Crippen molar-refractivity contribution in [3.63, 3.8) is 0 Å². The lowest BCUT2D eigenvalue weighted by molar-refractivity contribution is 0.0760. The molecule has 3 heterocycles. The van der Waals surface area contributed by atoms with E-state index in [0.717, 1.165) is 72.9 Å². The standard InChI is InChI=1S/C17H22N4O/c1-11-6-14-10-19-20-16(14)15(7-11)17(22)21-4-2-12-8-18-9-13(12)3-5-21/h6-7,10,12-13,18H,2-5,8-9H2,1H3,(H,19,20)/t12-,13+. The highest BCUT2D eigenvalue weighted by Gasteiger charge is 2.32. The average molecular weight is 298 g/mol. The molecule has 5 heteroatoms. The molecule has 1 amide bonds. The van der Waals surface area contributed by atoms with E-state index in [-0.39, 0.29) is 5.91 Å². The number of aromatic amines is 1. The van der Waals surface area contributed by atoms with Crippen LogP contribution in [0.5, 0.6) is 0 Å². The summed E-state index contributed by atoms with van der Waals surface area (Å²) < 4.78 is 0. The zero-order valence-electron chi connectivity index (χ0n) is 12.9. The molecule has 2 aromatic rings. The minimum absolute atomic E-state index is 0.144. The summed E-state index contributed by atoms with van der Waals surface area (Å²) in [6.07, 6.45) is 4.01. The van der Waals surface area contributed by atoms with Gasteiger partial charge in [-0.15, -0.1) is 0 Å². The molecule has 1 aromatic carbocycles. The average Bonchev–Trinajstić information content (AvgIpc) is 3.11. The number of aromatic nitrogens is 2. The third kappa shape index (κ3) is 2.29. The number of carbonyl (C=O) groups is 1. The van der Waals surface area contributed by atoms with Gasteiger partial charge >= 0.3 is 0 Å². The lowest BCUT2D eigenvalue weighted by Crippen LogP contribution is -2.33. The highest BCUT2D eigenvalue weighted by Crippen LogP contribution is 2.28. The van der Waals surface area contributed by atoms with Crippen molar-refractivity contribution in [1.29, 1.82) is 0 Å². The van der Waals surface area contributed by atoms with Gasteiger partial charge in [0, 0.05) is 18.5 Å². The molecule has 0 unspecified atom stereocenters. The number of aryl methyl sites for hydroxylation is 1. The summed E-state index contributed by atoms with van der Waals surface area (Å²) in [5.41, 5.74) is 2.73. The third-order valence-corrected chi connectivity index (χ3v) is 5.23. The van der Waals surface area contributed by atoms with Crippen LogP contribution in [0.1, 0.15) is 28.8 Å². The Labute approximate surface area is 130 Å². The van der Waals surface area contributed by atoms with Crippen LogP contribution in [0.3, 0.4) is 0 Å². The first-order chi connectivity index (χ1) is 10.7. The molecule has 116 valence electrons. The normalized spacial score (nSPS) is 25.2. The molecular weight excluding hydrogens is 276 g/mol. The predicted molar refractivity (Wildman–Crippen MR) is 85.8 cm³/mol. The Morgan fingerprint density at radius 3 is 2.68 bits per heavy atom. The molecule has 4 rings (SSSR count). The minimum Gasteiger partial charge on any atom is -0.339 e. The summed E-state index contributed by atoms with van der Waals surface area (Å²) in [5, 5.41) is 11.6. The predicted octanol–water partition coefficient (Wildman–Crippen LogP) is 1.94. The summed E-state index contributed by atoms with van der Waals surface area (Å²) in [5.74, 6) is 1.62. The van der Waals surface area contributed by atoms with E-state index in [2.05, 4.69) is 21.6 Å². The first-order valence-electron chi connectivity index (χ1n) is 8.16. The lowest BCUT2D eigenvalue weighted by atomic mass is 9.92. The highest BCUT2D eigenvalue weighted by molar-refractivity contribution is 6.05. The van der Waals surface area contributed by atoms with Gasteiger partial charge in [0.05, 0.1) is 17.3 Å². The van der Waals surface area contributed by atoms with Crippen LogP contribution < -0.4 is 5.32 Å². The second-order valence-electron chi connectivity index (χ2n) is 6.69. The van der Waals surface area contributed by atoms with Gasteiger partial charge < -0.3 is 10.2 Å². The van der Waals surface area contributed by atoms with E-state index in [1.807, 2.05) is 17.9 Å². The second kappa shape index (κ2) is 5.39. The van der Waals surface area contributed by atoms with E-state index in [4.69, 9.17) is 0 Å². The third-order valence-electron chi connectivity index (χ3n) is 5.23. The van der Waals surface area contributed by atoms with Crippen LogP contribution in [0.15, 0.2) is 18.3 Å². The van der Waals surface area contributed by atoms with Gasteiger partial charge in [-0.25, -0.2) is 0 Å². The molecule has 2 N–H and O–H groups in total. The number of rotatable bonds is 1. The monoisotopic (exact) mass is 298 g/mol. The number of amides is 1. The molecule has 0 saturated carbocycles. The topological polar surface area (TPSA) is 61.0 Å². The first-order valence-corrected chi connectivity index (χ1v) is 8.16.